The molecular formula is C17H12N2. The number of rotatable bonds is 1. The van der Waals surface area contributed by atoms with E-state index in [1.165, 1.54) is 10.9 Å². The molecule has 2 heteroatoms. The molecule has 0 aliphatic carbocycles. The molecule has 0 aliphatic heterocycles. The maximum Gasteiger partial charge on any atom is 0.0958 e. The van der Waals surface area contributed by atoms with Gasteiger partial charge in [-0.15, -0.1) is 0 Å². The molecule has 4 rings (SSSR count). The lowest BCUT2D eigenvalue weighted by Gasteiger charge is -2.00. The van der Waals surface area contributed by atoms with Gasteiger partial charge in [-0.05, 0) is 17.7 Å². The molecule has 0 atom stereocenters. The van der Waals surface area contributed by atoms with Gasteiger partial charge in [-0.3, -0.25) is 4.98 Å². The van der Waals surface area contributed by atoms with Crippen LogP contribution < -0.4 is 0 Å². The molecule has 2 heterocycles. The van der Waals surface area contributed by atoms with Crippen molar-refractivity contribution in [2.24, 2.45) is 0 Å². The Bertz CT molecular complexity index is 860. The SMILES string of the molecule is c1ccc(-c2cnc3c(c2)[nH]c2ccccc23)cc1. The summed E-state index contributed by atoms with van der Waals surface area (Å²) in [4.78, 5) is 8.04. The molecule has 0 spiro atoms. The van der Waals surface area contributed by atoms with E-state index >= 15 is 0 Å². The Morgan fingerprint density at radius 2 is 1.53 bits per heavy atom. The molecule has 2 aromatic heterocycles. The lowest BCUT2D eigenvalue weighted by Crippen LogP contribution is -1.80. The number of H-pyrrole nitrogens is 1. The first-order valence-corrected chi connectivity index (χ1v) is 6.34. The van der Waals surface area contributed by atoms with Crippen LogP contribution in [0.2, 0.25) is 0 Å². The summed E-state index contributed by atoms with van der Waals surface area (Å²) < 4.78 is 0. The molecule has 0 radical (unpaired) electrons. The third-order valence-electron chi connectivity index (χ3n) is 3.45. The van der Waals surface area contributed by atoms with Gasteiger partial charge in [0, 0.05) is 22.7 Å². The van der Waals surface area contributed by atoms with Crippen molar-refractivity contribution in [3.05, 3.63) is 66.9 Å². The lowest BCUT2D eigenvalue weighted by molar-refractivity contribution is 1.41. The van der Waals surface area contributed by atoms with E-state index in [1.807, 2.05) is 36.5 Å². The molecule has 1 N–H and O–H groups in total. The number of benzene rings is 2. The monoisotopic (exact) mass is 244 g/mol. The first-order valence-electron chi connectivity index (χ1n) is 6.34. The van der Waals surface area contributed by atoms with Gasteiger partial charge in [0.25, 0.3) is 0 Å². The summed E-state index contributed by atoms with van der Waals surface area (Å²) in [5, 5.41) is 1.18. The molecule has 2 aromatic carbocycles. The third kappa shape index (κ3) is 1.61. The van der Waals surface area contributed by atoms with Gasteiger partial charge in [-0.25, -0.2) is 0 Å². The number of hydrogen-bond acceptors (Lipinski definition) is 1. The summed E-state index contributed by atoms with van der Waals surface area (Å²) in [6.07, 6.45) is 1.94. The molecule has 2 nitrogen and oxygen atoms in total. The van der Waals surface area contributed by atoms with Gasteiger partial charge >= 0.3 is 0 Å². The van der Waals surface area contributed by atoms with Gasteiger partial charge in [-0.1, -0.05) is 48.5 Å². The van der Waals surface area contributed by atoms with Crippen molar-refractivity contribution in [3.63, 3.8) is 0 Å². The second-order valence-electron chi connectivity index (χ2n) is 4.66. The van der Waals surface area contributed by atoms with Crippen LogP contribution in [0.25, 0.3) is 33.1 Å². The normalized spacial score (nSPS) is 11.2. The third-order valence-corrected chi connectivity index (χ3v) is 3.45. The first-order chi connectivity index (χ1) is 9.42. The Labute approximate surface area is 110 Å². The van der Waals surface area contributed by atoms with Gasteiger partial charge in [0.05, 0.1) is 11.0 Å². The summed E-state index contributed by atoms with van der Waals surface area (Å²) in [6.45, 7) is 0. The molecule has 4 aromatic rings. The van der Waals surface area contributed by atoms with E-state index < -0.39 is 0 Å². The fourth-order valence-corrected chi connectivity index (χ4v) is 2.51. The van der Waals surface area contributed by atoms with Gasteiger partial charge < -0.3 is 4.98 Å². The average molecular weight is 244 g/mol. The van der Waals surface area contributed by atoms with Crippen LogP contribution in [-0.4, -0.2) is 9.97 Å². The minimum absolute atomic E-state index is 1.04. The zero-order valence-electron chi connectivity index (χ0n) is 10.3. The van der Waals surface area contributed by atoms with Crippen LogP contribution in [0.5, 0.6) is 0 Å². The number of pyridine rings is 1. The van der Waals surface area contributed by atoms with Gasteiger partial charge in [0.2, 0.25) is 0 Å². The van der Waals surface area contributed by atoms with E-state index in [9.17, 15) is 0 Å². The van der Waals surface area contributed by atoms with Crippen LogP contribution in [0.1, 0.15) is 0 Å². The minimum atomic E-state index is 1.04. The number of nitrogens with one attached hydrogen (secondary N) is 1. The topological polar surface area (TPSA) is 28.7 Å². The van der Waals surface area contributed by atoms with Crippen LogP contribution >= 0.6 is 0 Å². The predicted octanol–water partition coefficient (Wildman–Crippen LogP) is 4.38. The van der Waals surface area contributed by atoms with Crippen molar-refractivity contribution >= 4 is 21.9 Å². The second kappa shape index (κ2) is 3.95. The van der Waals surface area contributed by atoms with Gasteiger partial charge in [0.1, 0.15) is 0 Å². The summed E-state index contributed by atoms with van der Waals surface area (Å²) in [5.74, 6) is 0. The molecule has 0 fully saturated rings. The smallest absolute Gasteiger partial charge is 0.0958 e. The summed E-state index contributed by atoms with van der Waals surface area (Å²) >= 11 is 0. The summed E-state index contributed by atoms with van der Waals surface area (Å²) in [6, 6.07) is 20.8. The van der Waals surface area contributed by atoms with Crippen molar-refractivity contribution in [2.75, 3.05) is 0 Å². The van der Waals surface area contributed by atoms with Crippen molar-refractivity contribution in [1.29, 1.82) is 0 Å². The first kappa shape index (κ1) is 10.3. The van der Waals surface area contributed by atoms with E-state index in [1.54, 1.807) is 0 Å². The molecule has 0 unspecified atom stereocenters. The molecule has 0 bridgehead atoms. The van der Waals surface area contributed by atoms with Gasteiger partial charge in [-0.2, -0.15) is 0 Å². The van der Waals surface area contributed by atoms with E-state index in [2.05, 4.69) is 40.3 Å². The number of aromatic amines is 1. The Kier molecular flexibility index (Phi) is 2.15. The molecule has 0 saturated carbocycles. The van der Waals surface area contributed by atoms with Crippen LogP contribution in [0.4, 0.5) is 0 Å². The van der Waals surface area contributed by atoms with Crippen LogP contribution in [-0.2, 0) is 0 Å². The van der Waals surface area contributed by atoms with Gasteiger partial charge in [0.15, 0.2) is 0 Å². The van der Waals surface area contributed by atoms with E-state index in [-0.39, 0.29) is 0 Å². The molecule has 0 aliphatic rings. The van der Waals surface area contributed by atoms with E-state index in [0.29, 0.717) is 0 Å². The van der Waals surface area contributed by atoms with Crippen molar-refractivity contribution in [1.82, 2.24) is 9.97 Å². The predicted molar refractivity (Wildman–Crippen MR) is 79.0 cm³/mol. The largest absolute Gasteiger partial charge is 0.353 e. The maximum atomic E-state index is 4.61. The fourth-order valence-electron chi connectivity index (χ4n) is 2.51. The lowest BCUT2D eigenvalue weighted by atomic mass is 10.1. The molecule has 90 valence electrons. The van der Waals surface area contributed by atoms with Crippen LogP contribution in [0.3, 0.4) is 0 Å². The highest BCUT2D eigenvalue weighted by atomic mass is 14.8. The Morgan fingerprint density at radius 1 is 0.737 bits per heavy atom. The average Bonchev–Trinajstić information content (AvgIpc) is 2.86. The molecule has 19 heavy (non-hydrogen) atoms. The van der Waals surface area contributed by atoms with E-state index in [0.717, 1.165) is 22.1 Å². The highest BCUT2D eigenvalue weighted by Gasteiger charge is 2.06. The van der Waals surface area contributed by atoms with Crippen LogP contribution in [0.15, 0.2) is 66.9 Å². The molecule has 0 amide bonds. The highest BCUT2D eigenvalue weighted by molar-refractivity contribution is 6.05. The Balaban J connectivity index is 1.99. The number of hydrogen-bond donors (Lipinski definition) is 1. The molecular weight excluding hydrogens is 232 g/mol. The highest BCUT2D eigenvalue weighted by Crippen LogP contribution is 2.27. The zero-order chi connectivity index (χ0) is 12.7. The number of nitrogens with zero attached hydrogens (tertiary/aromatic N) is 1. The van der Waals surface area contributed by atoms with Crippen molar-refractivity contribution in [3.8, 4) is 11.1 Å². The Hall–Kier alpha value is -2.61. The minimum Gasteiger partial charge on any atom is -0.353 e. The number of fused-ring (bicyclic) bond motifs is 3. The number of aromatic nitrogens is 2. The van der Waals surface area contributed by atoms with Crippen molar-refractivity contribution in [2.45, 2.75) is 0 Å². The standard InChI is InChI=1S/C17H12N2/c1-2-6-12(7-3-1)13-10-16-17(18-11-13)14-8-4-5-9-15(14)19-16/h1-11,19H. The quantitative estimate of drug-likeness (QED) is 0.528. The second-order valence-corrected chi connectivity index (χ2v) is 4.66. The van der Waals surface area contributed by atoms with Crippen LogP contribution in [0, 0.1) is 0 Å². The van der Waals surface area contributed by atoms with Crippen molar-refractivity contribution < 1.29 is 0 Å². The molecule has 0 saturated heterocycles. The Morgan fingerprint density at radius 3 is 2.42 bits per heavy atom. The maximum absolute atomic E-state index is 4.61. The summed E-state index contributed by atoms with van der Waals surface area (Å²) in [5.41, 5.74) is 5.59. The fraction of sp³-hybridized carbons (Fsp3) is 0. The van der Waals surface area contributed by atoms with E-state index in [4.69, 9.17) is 0 Å². The summed E-state index contributed by atoms with van der Waals surface area (Å²) in [7, 11) is 0. The zero-order valence-corrected chi connectivity index (χ0v) is 10.3. The number of para-hydroxylation sites is 1.